The van der Waals surface area contributed by atoms with Gasteiger partial charge < -0.3 is 5.32 Å². The standard InChI is InChI=1S/C10H10INO/c1-6-4-9-7(5-8(6)11)10(13)2-3-12-9/h4-5,12H,2-3H2,1H3. The molecule has 3 heteroatoms. The molecule has 0 saturated carbocycles. The first-order valence-electron chi connectivity index (χ1n) is 4.25. The van der Waals surface area contributed by atoms with Gasteiger partial charge >= 0.3 is 0 Å². The molecule has 1 aliphatic rings. The average molecular weight is 287 g/mol. The van der Waals surface area contributed by atoms with Gasteiger partial charge in [0.05, 0.1) is 0 Å². The number of Topliss-reactive ketones (excluding diaryl/α,β-unsaturated/α-hetero) is 1. The number of rotatable bonds is 0. The number of halogens is 1. The van der Waals surface area contributed by atoms with Crippen LogP contribution in [0.2, 0.25) is 0 Å². The number of carbonyl (C=O) groups is 1. The van der Waals surface area contributed by atoms with E-state index in [1.54, 1.807) is 0 Å². The lowest BCUT2D eigenvalue weighted by molar-refractivity contribution is 0.0983. The molecule has 1 aromatic carbocycles. The molecule has 2 nitrogen and oxygen atoms in total. The highest BCUT2D eigenvalue weighted by Crippen LogP contribution is 2.26. The zero-order valence-corrected chi connectivity index (χ0v) is 9.51. The van der Waals surface area contributed by atoms with E-state index < -0.39 is 0 Å². The maximum atomic E-state index is 11.5. The monoisotopic (exact) mass is 287 g/mol. The second-order valence-electron chi connectivity index (χ2n) is 3.25. The zero-order valence-electron chi connectivity index (χ0n) is 7.36. The van der Waals surface area contributed by atoms with Crippen molar-refractivity contribution in [2.24, 2.45) is 0 Å². The van der Waals surface area contributed by atoms with Gasteiger partial charge in [0.1, 0.15) is 0 Å². The molecule has 0 aromatic heterocycles. The molecular formula is C10H10INO. The summed E-state index contributed by atoms with van der Waals surface area (Å²) >= 11 is 2.26. The summed E-state index contributed by atoms with van der Waals surface area (Å²) in [5, 5.41) is 3.24. The molecule has 2 rings (SSSR count). The largest absolute Gasteiger partial charge is 0.384 e. The molecule has 0 atom stereocenters. The van der Waals surface area contributed by atoms with E-state index in [1.165, 1.54) is 5.56 Å². The number of carbonyl (C=O) groups excluding carboxylic acids is 1. The Morgan fingerprint density at radius 2 is 2.23 bits per heavy atom. The fourth-order valence-electron chi connectivity index (χ4n) is 1.50. The maximum absolute atomic E-state index is 11.5. The van der Waals surface area contributed by atoms with Crippen molar-refractivity contribution >= 4 is 34.1 Å². The van der Waals surface area contributed by atoms with Gasteiger partial charge in [-0.25, -0.2) is 0 Å². The SMILES string of the molecule is Cc1cc2c(cc1I)C(=O)CCN2. The van der Waals surface area contributed by atoms with E-state index in [9.17, 15) is 4.79 Å². The fourth-order valence-corrected chi connectivity index (χ4v) is 1.97. The van der Waals surface area contributed by atoms with Gasteiger partial charge in [0.15, 0.2) is 5.78 Å². The van der Waals surface area contributed by atoms with Gasteiger partial charge in [0.2, 0.25) is 0 Å². The Labute approximate surface area is 90.9 Å². The average Bonchev–Trinajstić information content (AvgIpc) is 2.09. The summed E-state index contributed by atoms with van der Waals surface area (Å²) in [6.45, 7) is 2.83. The number of hydrogen-bond donors (Lipinski definition) is 1. The van der Waals surface area contributed by atoms with Gasteiger partial charge in [-0.15, -0.1) is 0 Å². The highest BCUT2D eigenvalue weighted by Gasteiger charge is 2.17. The molecule has 0 spiro atoms. The lowest BCUT2D eigenvalue weighted by Gasteiger charge is -2.17. The predicted octanol–water partition coefficient (Wildman–Crippen LogP) is 2.60. The summed E-state index contributed by atoms with van der Waals surface area (Å²) in [6.07, 6.45) is 0.617. The van der Waals surface area contributed by atoms with Crippen LogP contribution in [0.25, 0.3) is 0 Å². The van der Waals surface area contributed by atoms with Crippen LogP contribution in [-0.2, 0) is 0 Å². The van der Waals surface area contributed by atoms with Crippen molar-refractivity contribution < 1.29 is 4.79 Å². The van der Waals surface area contributed by atoms with E-state index in [2.05, 4.69) is 34.8 Å². The molecule has 1 aromatic rings. The molecule has 68 valence electrons. The number of nitrogens with one attached hydrogen (secondary N) is 1. The van der Waals surface area contributed by atoms with Crippen molar-refractivity contribution in [3.63, 3.8) is 0 Å². The summed E-state index contributed by atoms with van der Waals surface area (Å²) in [5.74, 6) is 0.256. The van der Waals surface area contributed by atoms with Crippen LogP contribution >= 0.6 is 22.6 Å². The van der Waals surface area contributed by atoms with Crippen LogP contribution in [0.4, 0.5) is 5.69 Å². The molecule has 13 heavy (non-hydrogen) atoms. The van der Waals surface area contributed by atoms with E-state index in [0.29, 0.717) is 6.42 Å². The number of benzene rings is 1. The minimum atomic E-state index is 0.256. The van der Waals surface area contributed by atoms with Crippen LogP contribution in [0.1, 0.15) is 22.3 Å². The molecule has 0 fully saturated rings. The van der Waals surface area contributed by atoms with Crippen molar-refractivity contribution in [2.75, 3.05) is 11.9 Å². The van der Waals surface area contributed by atoms with E-state index in [4.69, 9.17) is 0 Å². The van der Waals surface area contributed by atoms with E-state index >= 15 is 0 Å². The second-order valence-corrected chi connectivity index (χ2v) is 4.41. The second kappa shape index (κ2) is 3.29. The van der Waals surface area contributed by atoms with Crippen molar-refractivity contribution in [2.45, 2.75) is 13.3 Å². The highest BCUT2D eigenvalue weighted by atomic mass is 127. The van der Waals surface area contributed by atoms with Gasteiger partial charge in [-0.05, 0) is 47.2 Å². The smallest absolute Gasteiger partial charge is 0.166 e. The summed E-state index contributed by atoms with van der Waals surface area (Å²) in [5.41, 5.74) is 3.07. The van der Waals surface area contributed by atoms with Crippen LogP contribution < -0.4 is 5.32 Å². The predicted molar refractivity (Wildman–Crippen MR) is 61.3 cm³/mol. The third kappa shape index (κ3) is 1.57. The minimum absolute atomic E-state index is 0.256. The minimum Gasteiger partial charge on any atom is -0.384 e. The zero-order chi connectivity index (χ0) is 9.42. The van der Waals surface area contributed by atoms with Gasteiger partial charge in [0, 0.05) is 27.8 Å². The van der Waals surface area contributed by atoms with Crippen molar-refractivity contribution in [3.8, 4) is 0 Å². The van der Waals surface area contributed by atoms with E-state index in [0.717, 1.165) is 21.4 Å². The highest BCUT2D eigenvalue weighted by molar-refractivity contribution is 14.1. The number of hydrogen-bond acceptors (Lipinski definition) is 2. The lowest BCUT2D eigenvalue weighted by Crippen LogP contribution is -2.18. The topological polar surface area (TPSA) is 29.1 Å². The van der Waals surface area contributed by atoms with Gasteiger partial charge in [0.25, 0.3) is 0 Å². The van der Waals surface area contributed by atoms with Crippen LogP contribution in [0.5, 0.6) is 0 Å². The number of ketones is 1. The Balaban J connectivity index is 2.58. The fraction of sp³-hybridized carbons (Fsp3) is 0.300. The molecule has 0 amide bonds. The first-order chi connectivity index (χ1) is 6.18. The first kappa shape index (κ1) is 8.99. The molecular weight excluding hydrogens is 277 g/mol. The van der Waals surface area contributed by atoms with Gasteiger partial charge in [-0.3, -0.25) is 4.79 Å². The van der Waals surface area contributed by atoms with Crippen LogP contribution in [-0.4, -0.2) is 12.3 Å². The van der Waals surface area contributed by atoms with Crippen molar-refractivity contribution in [1.82, 2.24) is 0 Å². The molecule has 0 bridgehead atoms. The Kier molecular flexibility index (Phi) is 2.27. The molecule has 0 radical (unpaired) electrons. The molecule has 1 aliphatic heterocycles. The summed E-state index contributed by atoms with van der Waals surface area (Å²) in [4.78, 5) is 11.5. The molecule has 0 saturated heterocycles. The molecule has 1 N–H and O–H groups in total. The summed E-state index contributed by atoms with van der Waals surface area (Å²) < 4.78 is 1.16. The third-order valence-corrected chi connectivity index (χ3v) is 3.43. The quantitative estimate of drug-likeness (QED) is 0.743. The number of fused-ring (bicyclic) bond motifs is 1. The third-order valence-electron chi connectivity index (χ3n) is 2.27. The van der Waals surface area contributed by atoms with Crippen molar-refractivity contribution in [3.05, 3.63) is 26.8 Å². The Morgan fingerprint density at radius 1 is 1.46 bits per heavy atom. The first-order valence-corrected chi connectivity index (χ1v) is 5.33. The number of anilines is 1. The Bertz CT molecular complexity index is 373. The Hall–Kier alpha value is -0.580. The van der Waals surface area contributed by atoms with Crippen LogP contribution in [0.15, 0.2) is 12.1 Å². The van der Waals surface area contributed by atoms with E-state index in [-0.39, 0.29) is 5.78 Å². The van der Waals surface area contributed by atoms with Gasteiger partial charge in [-0.2, -0.15) is 0 Å². The van der Waals surface area contributed by atoms with Crippen LogP contribution in [0.3, 0.4) is 0 Å². The normalized spacial score (nSPS) is 15.1. The molecule has 0 unspecified atom stereocenters. The molecule has 0 aliphatic carbocycles. The lowest BCUT2D eigenvalue weighted by atomic mass is 10.0. The summed E-state index contributed by atoms with van der Waals surface area (Å²) in [6, 6.07) is 4.02. The van der Waals surface area contributed by atoms with E-state index in [1.807, 2.05) is 12.1 Å². The summed E-state index contributed by atoms with van der Waals surface area (Å²) in [7, 11) is 0. The molecule has 1 heterocycles. The Morgan fingerprint density at radius 3 is 3.00 bits per heavy atom. The van der Waals surface area contributed by atoms with Crippen LogP contribution in [0, 0.1) is 10.5 Å². The maximum Gasteiger partial charge on any atom is 0.166 e. The van der Waals surface area contributed by atoms with Gasteiger partial charge in [-0.1, -0.05) is 0 Å². The number of aryl methyl sites for hydroxylation is 1. The van der Waals surface area contributed by atoms with Crippen molar-refractivity contribution in [1.29, 1.82) is 0 Å².